The number of alkyl halides is 3. The summed E-state index contributed by atoms with van der Waals surface area (Å²) in [6.45, 7) is 0. The first-order chi connectivity index (χ1) is 12.8. The van der Waals surface area contributed by atoms with Gasteiger partial charge in [-0.3, -0.25) is 4.79 Å². The normalized spacial score (nSPS) is 11.4. The summed E-state index contributed by atoms with van der Waals surface area (Å²) in [5, 5.41) is 2.98. The number of carbonyl (C=O) groups is 1. The number of rotatable bonds is 6. The molecule has 142 valence electrons. The summed E-state index contributed by atoms with van der Waals surface area (Å²) in [4.78, 5) is 18.7. The Hall–Kier alpha value is -3.23. The largest absolute Gasteiger partial charge is 0.573 e. The Morgan fingerprint density at radius 2 is 1.93 bits per heavy atom. The highest BCUT2D eigenvalue weighted by atomic mass is 19.4. The van der Waals surface area contributed by atoms with E-state index in [0.29, 0.717) is 18.1 Å². The molecule has 0 saturated heterocycles. The number of methoxy groups -OCH3 is 1. The summed E-state index contributed by atoms with van der Waals surface area (Å²) in [6.07, 6.45) is -3.89. The number of hydrogen-bond acceptors (Lipinski definition) is 5. The van der Waals surface area contributed by atoms with Crippen molar-refractivity contribution >= 4 is 28.6 Å². The fourth-order valence-electron chi connectivity index (χ4n) is 2.50. The number of imidazole rings is 1. The van der Waals surface area contributed by atoms with E-state index in [-0.39, 0.29) is 18.1 Å². The summed E-state index contributed by atoms with van der Waals surface area (Å²) in [7, 11) is 1.35. The molecule has 3 aromatic rings. The van der Waals surface area contributed by atoms with Crippen molar-refractivity contribution in [3.63, 3.8) is 0 Å². The molecular formula is C18H16F3N3O3. The van der Waals surface area contributed by atoms with Gasteiger partial charge in [-0.15, -0.1) is 13.2 Å². The molecule has 2 aromatic carbocycles. The number of nitrogens with one attached hydrogen (secondary N) is 2. The predicted octanol–water partition coefficient (Wildman–Crippen LogP) is 4.31. The number of halogens is 3. The van der Waals surface area contributed by atoms with E-state index in [0.717, 1.165) is 16.6 Å². The van der Waals surface area contributed by atoms with Crippen LogP contribution in [0.15, 0.2) is 42.5 Å². The second kappa shape index (κ2) is 7.56. The molecule has 0 aliphatic rings. The number of benzene rings is 2. The van der Waals surface area contributed by atoms with E-state index in [2.05, 4.69) is 24.8 Å². The van der Waals surface area contributed by atoms with Crippen molar-refractivity contribution in [3.8, 4) is 5.75 Å². The number of aromatic amines is 1. The van der Waals surface area contributed by atoms with Crippen LogP contribution in [0.4, 0.5) is 24.8 Å². The number of fused-ring (bicyclic) bond motifs is 1. The molecule has 0 spiro atoms. The first-order valence-corrected chi connectivity index (χ1v) is 8.01. The molecule has 9 heteroatoms. The van der Waals surface area contributed by atoms with Gasteiger partial charge in [-0.1, -0.05) is 6.07 Å². The number of nitrogens with zero attached hydrogens (tertiary/aromatic N) is 1. The first-order valence-electron chi connectivity index (χ1n) is 8.01. The molecule has 3 rings (SSSR count). The molecule has 0 radical (unpaired) electrons. The summed E-state index contributed by atoms with van der Waals surface area (Å²) >= 11 is 0. The molecule has 0 amide bonds. The quantitative estimate of drug-likeness (QED) is 0.624. The molecule has 0 unspecified atom stereocenters. The van der Waals surface area contributed by atoms with Crippen molar-refractivity contribution in [2.45, 2.75) is 19.2 Å². The lowest BCUT2D eigenvalue weighted by Gasteiger charge is -2.09. The zero-order chi connectivity index (χ0) is 19.4. The highest BCUT2D eigenvalue weighted by Gasteiger charge is 2.30. The molecule has 27 heavy (non-hydrogen) atoms. The van der Waals surface area contributed by atoms with Crippen molar-refractivity contribution in [1.82, 2.24) is 9.97 Å². The zero-order valence-corrected chi connectivity index (χ0v) is 14.3. The molecule has 6 nitrogen and oxygen atoms in total. The summed E-state index contributed by atoms with van der Waals surface area (Å²) in [5.41, 5.74) is 3.00. The SMILES string of the molecule is COC(=O)CCc1ccc2nc(Nc3ccc(OC(F)(F)F)cc3)[nH]c2c1. The molecule has 0 aliphatic heterocycles. The predicted molar refractivity (Wildman–Crippen MR) is 92.8 cm³/mol. The number of anilines is 2. The molecule has 1 aromatic heterocycles. The molecule has 2 N–H and O–H groups in total. The Labute approximate surface area is 152 Å². The van der Waals surface area contributed by atoms with Crippen LogP contribution in [0.2, 0.25) is 0 Å². The van der Waals surface area contributed by atoms with E-state index in [1.54, 1.807) is 0 Å². The van der Waals surface area contributed by atoms with E-state index in [1.807, 2.05) is 18.2 Å². The number of ether oxygens (including phenoxy) is 2. The summed E-state index contributed by atoms with van der Waals surface area (Å²) in [5.74, 6) is -0.132. The van der Waals surface area contributed by atoms with Gasteiger partial charge in [0.05, 0.1) is 18.1 Å². The molecule has 0 bridgehead atoms. The van der Waals surface area contributed by atoms with Gasteiger partial charge in [-0.05, 0) is 48.4 Å². The summed E-state index contributed by atoms with van der Waals surface area (Å²) < 4.78 is 45.0. The third kappa shape index (κ3) is 5.13. The lowest BCUT2D eigenvalue weighted by atomic mass is 10.1. The number of carbonyl (C=O) groups excluding carboxylic acids is 1. The third-order valence-electron chi connectivity index (χ3n) is 3.74. The van der Waals surface area contributed by atoms with Crippen LogP contribution in [0.3, 0.4) is 0 Å². The Kier molecular flexibility index (Phi) is 5.20. The van der Waals surface area contributed by atoms with Gasteiger partial charge in [-0.2, -0.15) is 0 Å². The van der Waals surface area contributed by atoms with Gasteiger partial charge in [0.1, 0.15) is 5.75 Å². The van der Waals surface area contributed by atoms with Gasteiger partial charge >= 0.3 is 12.3 Å². The average molecular weight is 379 g/mol. The number of hydrogen-bond donors (Lipinski definition) is 2. The fourth-order valence-corrected chi connectivity index (χ4v) is 2.50. The van der Waals surface area contributed by atoms with Gasteiger partial charge in [0.2, 0.25) is 5.95 Å². The van der Waals surface area contributed by atoms with E-state index >= 15 is 0 Å². The smallest absolute Gasteiger partial charge is 0.469 e. The van der Waals surface area contributed by atoms with Crippen LogP contribution in [0.5, 0.6) is 5.75 Å². The Balaban J connectivity index is 1.69. The van der Waals surface area contributed by atoms with Crippen molar-refractivity contribution in [2.75, 3.05) is 12.4 Å². The van der Waals surface area contributed by atoms with Gasteiger partial charge in [0, 0.05) is 12.1 Å². The maximum atomic E-state index is 12.2. The summed E-state index contributed by atoms with van der Waals surface area (Å²) in [6, 6.07) is 10.9. The monoisotopic (exact) mass is 379 g/mol. The van der Waals surface area contributed by atoms with Crippen molar-refractivity contribution in [3.05, 3.63) is 48.0 Å². The molecule has 1 heterocycles. The maximum absolute atomic E-state index is 12.2. The highest BCUT2D eigenvalue weighted by Crippen LogP contribution is 2.25. The number of esters is 1. The standard InChI is InChI=1S/C18H16F3N3O3/c1-26-16(25)9-3-11-2-8-14-15(10-11)24-17(23-14)22-12-4-6-13(7-5-12)27-18(19,20)21/h2,4-8,10H,3,9H2,1H3,(H2,22,23,24). The number of aromatic nitrogens is 2. The fraction of sp³-hybridized carbons (Fsp3) is 0.222. The number of H-pyrrole nitrogens is 1. The Bertz CT molecular complexity index is 936. The van der Waals surface area contributed by atoms with Gasteiger partial charge in [-0.25, -0.2) is 4.98 Å². The Morgan fingerprint density at radius 3 is 2.59 bits per heavy atom. The second-order valence-corrected chi connectivity index (χ2v) is 5.71. The minimum atomic E-state index is -4.72. The average Bonchev–Trinajstić information content (AvgIpc) is 3.01. The third-order valence-corrected chi connectivity index (χ3v) is 3.74. The zero-order valence-electron chi connectivity index (χ0n) is 14.3. The topological polar surface area (TPSA) is 76.2 Å². The molecule has 0 aliphatic carbocycles. The lowest BCUT2D eigenvalue weighted by molar-refractivity contribution is -0.274. The van der Waals surface area contributed by atoms with Crippen molar-refractivity contribution in [1.29, 1.82) is 0 Å². The van der Waals surface area contributed by atoms with Crippen LogP contribution in [0.25, 0.3) is 11.0 Å². The maximum Gasteiger partial charge on any atom is 0.573 e. The van der Waals surface area contributed by atoms with E-state index in [4.69, 9.17) is 0 Å². The highest BCUT2D eigenvalue weighted by molar-refractivity contribution is 5.79. The van der Waals surface area contributed by atoms with E-state index in [1.165, 1.54) is 31.4 Å². The van der Waals surface area contributed by atoms with Crippen LogP contribution in [-0.2, 0) is 16.0 Å². The van der Waals surface area contributed by atoms with E-state index in [9.17, 15) is 18.0 Å². The van der Waals surface area contributed by atoms with Gasteiger partial charge in [0.15, 0.2) is 0 Å². The minimum Gasteiger partial charge on any atom is -0.469 e. The number of aryl methyl sites for hydroxylation is 1. The van der Waals surface area contributed by atoms with Crippen LogP contribution in [0.1, 0.15) is 12.0 Å². The molecular weight excluding hydrogens is 363 g/mol. The van der Waals surface area contributed by atoms with Crippen molar-refractivity contribution < 1.29 is 27.4 Å². The molecule has 0 saturated carbocycles. The van der Waals surface area contributed by atoms with Crippen LogP contribution >= 0.6 is 0 Å². The van der Waals surface area contributed by atoms with Gasteiger partial charge < -0.3 is 19.8 Å². The molecule has 0 atom stereocenters. The van der Waals surface area contributed by atoms with Crippen LogP contribution in [-0.4, -0.2) is 29.4 Å². The Morgan fingerprint density at radius 1 is 1.19 bits per heavy atom. The lowest BCUT2D eigenvalue weighted by Crippen LogP contribution is -2.16. The minimum absolute atomic E-state index is 0.278. The second-order valence-electron chi connectivity index (χ2n) is 5.71. The van der Waals surface area contributed by atoms with Gasteiger partial charge in [0.25, 0.3) is 0 Å². The van der Waals surface area contributed by atoms with Crippen LogP contribution < -0.4 is 10.1 Å². The molecule has 0 fully saturated rings. The van der Waals surface area contributed by atoms with Crippen LogP contribution in [0, 0.1) is 0 Å². The first kappa shape index (κ1) is 18.6. The van der Waals surface area contributed by atoms with E-state index < -0.39 is 6.36 Å². The van der Waals surface area contributed by atoms with Crippen molar-refractivity contribution in [2.24, 2.45) is 0 Å².